The van der Waals surface area contributed by atoms with Gasteiger partial charge in [-0.05, 0) is 322 Å². The molecule has 0 radical (unpaired) electrons. The quantitative estimate of drug-likeness (QED) is 0.0855. The van der Waals surface area contributed by atoms with E-state index in [1.54, 1.807) is 89.9 Å². The van der Waals surface area contributed by atoms with Gasteiger partial charge in [0.25, 0.3) is 0 Å². The smallest absolute Gasteiger partial charge is 0.0298 e. The summed E-state index contributed by atoms with van der Waals surface area (Å²) in [6.45, 7) is 57.9. The molecule has 16 aliphatic rings. The summed E-state index contributed by atoms with van der Waals surface area (Å²) in [5.74, 6) is 33.8. The normalized spacial score (nSPS) is 38.6. The van der Waals surface area contributed by atoms with Crippen LogP contribution in [0.25, 0.3) is 0 Å². The van der Waals surface area contributed by atoms with Crippen LogP contribution < -0.4 is 0 Å². The van der Waals surface area contributed by atoms with Crippen LogP contribution in [0.2, 0.25) is 0 Å². The van der Waals surface area contributed by atoms with Gasteiger partial charge in [-0.25, -0.2) is 0 Å². The Balaban J connectivity index is 0.000000212. The Morgan fingerprint density at radius 1 is 0.151 bits per heavy atom. The van der Waals surface area contributed by atoms with E-state index in [4.69, 9.17) is 0 Å². The number of unbranched alkanes of at least 4 members (excludes halogenated alkanes) is 1. The minimum atomic E-state index is 0.609. The molecular weight excluding hydrogens is 1670 g/mol. The van der Waals surface area contributed by atoms with Gasteiger partial charge in [-0.15, -0.1) is 0 Å². The van der Waals surface area contributed by atoms with Crippen LogP contribution in [0.4, 0.5) is 0 Å². The first kappa shape index (κ1) is 126. The van der Waals surface area contributed by atoms with Gasteiger partial charge in [-0.3, -0.25) is 0 Å². The highest BCUT2D eigenvalue weighted by atomic mass is 14.5. The number of rotatable bonds is 25. The van der Waals surface area contributed by atoms with Gasteiger partial charge in [0, 0.05) is 0 Å². The molecule has 16 fully saturated rings. The molecule has 0 aromatic heterocycles. The monoisotopic (exact) mass is 1940 g/mol. The molecule has 0 aromatic carbocycles. The molecule has 0 saturated heterocycles. The second-order valence-electron chi connectivity index (χ2n) is 57.4. The fourth-order valence-corrected chi connectivity index (χ4v) is 33.2. The third-order valence-corrected chi connectivity index (χ3v) is 46.0. The third-order valence-electron chi connectivity index (χ3n) is 46.0. The third kappa shape index (κ3) is 50.0. The van der Waals surface area contributed by atoms with Crippen LogP contribution in [0.3, 0.4) is 0 Å². The summed E-state index contributed by atoms with van der Waals surface area (Å²) in [6, 6.07) is 0. The Kier molecular flexibility index (Phi) is 65.7. The maximum Gasteiger partial charge on any atom is -0.0298 e. The van der Waals surface area contributed by atoms with Gasteiger partial charge >= 0.3 is 0 Å². The Labute approximate surface area is 880 Å². The largest absolute Gasteiger partial charge is 0.0654 e. The molecular formula is C139H266. The Morgan fingerprint density at radius 3 is 0.540 bits per heavy atom. The standard InChI is InChI=1S/C19H36.2C17H32.C16H30.C15H28.C14H26.C12H24.C11H22.C10H20.C8H16/c1-5-15-7-11-17(12-8-15)19(3,4)18-13-9-16(6-2)10-14-18;1-13-5-9-15(10-6-13)17(3,4)16-11-7-14(2)8-12-16;1-3-14-5-9-16(10-6-14)13-17-11-7-15(4-2)8-12-17;1-3-13-5-9-15(10-6-13)16-11-7-14(4-2)8-12-16;1-12-3-7-14(8-4-12)11-15-9-5-13(2)6-10-15;1-11-3-7-13(8-4-11)14-9-5-12(2)6-10-14;1-3-5-11-7-9-12(6-4-2)10-8-11;1-3-4-7-11-8-5-6-10(2)9-11;1-3-9-5-7-10(4-2)8-6-9;1-7-3-5-8(2)6-4-7/h15-18H,5-14H2,1-4H3;13-16H,5-12H2,1-4H3;14-17H,3-13H2,1-2H3;13-16H,3-12H2,1-2H3;12-15H,3-11H2,1-2H3;11-14H,3-10H2,1-2H3;11-12H,3-10H2,1-2H3;10-11H,3-9H2,1-2H3;9-10H,3-8H2,1-2H3;7-8H,3-6H2,1-2H3. The molecule has 2 unspecified atom stereocenters. The second-order valence-corrected chi connectivity index (χ2v) is 57.4. The predicted molar refractivity (Wildman–Crippen MR) is 627 cm³/mol. The van der Waals surface area contributed by atoms with E-state index >= 15 is 0 Å². The van der Waals surface area contributed by atoms with Crippen LogP contribution in [0.1, 0.15) is 686 Å². The molecule has 16 rings (SSSR count). The topological polar surface area (TPSA) is 0 Å². The second kappa shape index (κ2) is 72.5. The van der Waals surface area contributed by atoms with Crippen LogP contribution in [0.15, 0.2) is 0 Å². The van der Waals surface area contributed by atoms with E-state index in [0.717, 1.165) is 189 Å². The molecule has 0 aromatic rings. The van der Waals surface area contributed by atoms with Gasteiger partial charge in [0.1, 0.15) is 0 Å². The lowest BCUT2D eigenvalue weighted by Gasteiger charge is -2.46. The van der Waals surface area contributed by atoms with E-state index < -0.39 is 0 Å². The minimum Gasteiger partial charge on any atom is -0.0654 e. The molecule has 16 saturated carbocycles. The van der Waals surface area contributed by atoms with Crippen molar-refractivity contribution in [3.63, 3.8) is 0 Å². The van der Waals surface area contributed by atoms with E-state index in [9.17, 15) is 0 Å². The highest BCUT2D eigenvalue weighted by Crippen LogP contribution is 2.54. The SMILES string of the molecule is CC1CCC(C(C)(C)C2CCC(C)CC2)CC1.CC1CCC(C)CC1.CC1CCC(C2CCC(C)CC2)CC1.CC1CCC(CC2CCC(C)CC2)CC1.CCC1CCC(C(C)(C)C2CCC(CC)CC2)CC1.CCC1CCC(C2CCC(CC)CC2)CC1.CCC1CCC(CC)CC1.CCC1CCC(CC2CCC(CC)CC2)CC1.CCCC1CCC(CCC)CC1.CCCCC1CCCC(C)C1. The zero-order chi connectivity index (χ0) is 101. The van der Waals surface area contributed by atoms with E-state index in [1.165, 1.54) is 430 Å². The molecule has 0 heterocycles. The van der Waals surface area contributed by atoms with Crippen molar-refractivity contribution in [1.29, 1.82) is 0 Å². The first-order valence-corrected chi connectivity index (χ1v) is 67.0. The number of hydrogen-bond donors (Lipinski definition) is 0. The summed E-state index contributed by atoms with van der Waals surface area (Å²) >= 11 is 0. The minimum absolute atomic E-state index is 0.609. The predicted octanol–water partition coefficient (Wildman–Crippen LogP) is 47.8. The van der Waals surface area contributed by atoms with Crippen LogP contribution >= 0.6 is 0 Å². The van der Waals surface area contributed by atoms with E-state index in [2.05, 4.69) is 166 Å². The van der Waals surface area contributed by atoms with Crippen molar-refractivity contribution >= 4 is 0 Å². The average Bonchev–Trinajstić information content (AvgIpc) is 0.811. The van der Waals surface area contributed by atoms with Gasteiger partial charge in [0.2, 0.25) is 0 Å². The molecule has 822 valence electrons. The highest BCUT2D eigenvalue weighted by molar-refractivity contribution is 4.94. The summed E-state index contributed by atoms with van der Waals surface area (Å²) in [4.78, 5) is 0. The summed E-state index contributed by atoms with van der Waals surface area (Å²) in [5.41, 5.74) is 1.22. The van der Waals surface area contributed by atoms with Crippen molar-refractivity contribution < 1.29 is 0 Å². The lowest BCUT2D eigenvalue weighted by atomic mass is 9.59. The van der Waals surface area contributed by atoms with Crippen molar-refractivity contribution in [2.24, 2.45) is 200 Å². The van der Waals surface area contributed by atoms with Crippen LogP contribution in [-0.4, -0.2) is 0 Å². The van der Waals surface area contributed by atoms with Gasteiger partial charge in [0.15, 0.2) is 0 Å². The van der Waals surface area contributed by atoms with Gasteiger partial charge in [0.05, 0.1) is 0 Å². The van der Waals surface area contributed by atoms with E-state index in [0.29, 0.717) is 10.8 Å². The lowest BCUT2D eigenvalue weighted by molar-refractivity contribution is 0.0381. The lowest BCUT2D eigenvalue weighted by Crippen LogP contribution is -2.37. The van der Waals surface area contributed by atoms with Crippen LogP contribution in [0, 0.1) is 200 Å². The molecule has 0 bridgehead atoms. The fraction of sp³-hybridized carbons (Fsp3) is 1.00. The molecule has 0 heteroatoms. The zero-order valence-corrected chi connectivity index (χ0v) is 101. The van der Waals surface area contributed by atoms with Crippen molar-refractivity contribution in [2.75, 3.05) is 0 Å². The molecule has 0 spiro atoms. The molecule has 2 atom stereocenters. The summed E-state index contributed by atoms with van der Waals surface area (Å²) in [5, 5.41) is 0. The van der Waals surface area contributed by atoms with E-state index in [1.807, 2.05) is 0 Å². The fourth-order valence-electron chi connectivity index (χ4n) is 33.2. The van der Waals surface area contributed by atoms with Crippen LogP contribution in [-0.2, 0) is 0 Å². The molecule has 0 aliphatic heterocycles. The maximum absolute atomic E-state index is 2.60. The molecule has 139 heavy (non-hydrogen) atoms. The van der Waals surface area contributed by atoms with Gasteiger partial charge in [-0.1, -0.05) is 564 Å². The van der Waals surface area contributed by atoms with Crippen molar-refractivity contribution in [2.45, 2.75) is 686 Å². The maximum atomic E-state index is 2.60. The average molecular weight is 1940 g/mol. The first-order valence-electron chi connectivity index (χ1n) is 67.0. The Morgan fingerprint density at radius 2 is 0.324 bits per heavy atom. The van der Waals surface area contributed by atoms with E-state index in [-0.39, 0.29) is 0 Å². The number of hydrogen-bond acceptors (Lipinski definition) is 0. The Bertz CT molecular complexity index is 2560. The summed E-state index contributed by atoms with van der Waals surface area (Å²) in [6.07, 6.45) is 122. The van der Waals surface area contributed by atoms with Crippen molar-refractivity contribution in [1.82, 2.24) is 0 Å². The first-order chi connectivity index (χ1) is 67.0. The Hall–Kier alpha value is 0. The van der Waals surface area contributed by atoms with Crippen molar-refractivity contribution in [3.05, 3.63) is 0 Å². The van der Waals surface area contributed by atoms with Crippen molar-refractivity contribution in [3.8, 4) is 0 Å². The van der Waals surface area contributed by atoms with Crippen LogP contribution in [0.5, 0.6) is 0 Å². The summed E-state index contributed by atoms with van der Waals surface area (Å²) < 4.78 is 0. The van der Waals surface area contributed by atoms with Gasteiger partial charge in [-0.2, -0.15) is 0 Å². The molecule has 16 aliphatic carbocycles. The zero-order valence-electron chi connectivity index (χ0n) is 101. The highest BCUT2D eigenvalue weighted by Gasteiger charge is 2.43. The molecule has 0 nitrogen and oxygen atoms in total. The molecule has 0 amide bonds. The van der Waals surface area contributed by atoms with Gasteiger partial charge < -0.3 is 0 Å². The molecule has 0 N–H and O–H groups in total. The summed E-state index contributed by atoms with van der Waals surface area (Å²) in [7, 11) is 0.